The Balaban J connectivity index is 1.61. The van der Waals surface area contributed by atoms with Gasteiger partial charge in [0.2, 0.25) is 0 Å². The third-order valence-corrected chi connectivity index (χ3v) is 4.79. The number of nitrogens with one attached hydrogen (secondary N) is 1. The van der Waals surface area contributed by atoms with E-state index >= 15 is 0 Å². The number of aryl methyl sites for hydroxylation is 1. The van der Waals surface area contributed by atoms with Crippen LogP contribution in [-0.4, -0.2) is 15.8 Å². The molecule has 0 atom stereocenters. The van der Waals surface area contributed by atoms with Crippen molar-refractivity contribution in [2.75, 3.05) is 0 Å². The number of ketones is 1. The van der Waals surface area contributed by atoms with Gasteiger partial charge < -0.3 is 4.98 Å². The van der Waals surface area contributed by atoms with Crippen molar-refractivity contribution >= 4 is 44.0 Å². The summed E-state index contributed by atoms with van der Waals surface area (Å²) >= 11 is 4.67. The number of benzene rings is 1. The molecule has 102 valence electrons. The zero-order chi connectivity index (χ0) is 13.9. The molecule has 0 saturated heterocycles. The van der Waals surface area contributed by atoms with Gasteiger partial charge in [0, 0.05) is 23.5 Å². The molecule has 2 heterocycles. The molecule has 0 amide bonds. The number of fused-ring (bicyclic) bond motifs is 1. The van der Waals surface area contributed by atoms with Gasteiger partial charge in [-0.2, -0.15) is 0 Å². The lowest BCUT2D eigenvalue weighted by Gasteiger charge is -1.99. The molecule has 2 aromatic heterocycles. The number of carbonyl (C=O) groups excluding carboxylic acids is 1. The molecule has 3 rings (SSSR count). The van der Waals surface area contributed by atoms with Gasteiger partial charge in [-0.05, 0) is 40.4 Å². The van der Waals surface area contributed by atoms with E-state index in [9.17, 15) is 4.79 Å². The fourth-order valence-electron chi connectivity index (χ4n) is 2.28. The summed E-state index contributed by atoms with van der Waals surface area (Å²) in [6, 6.07) is 8.25. The highest BCUT2D eigenvalue weighted by molar-refractivity contribution is 9.11. The fourth-order valence-corrected chi connectivity index (χ4v) is 3.52. The highest BCUT2D eigenvalue weighted by atomic mass is 79.9. The first-order valence-corrected chi connectivity index (χ1v) is 8.04. The number of Topliss-reactive ketones (excluding diaryl/α,β-unsaturated/α-hetero) is 1. The van der Waals surface area contributed by atoms with Crippen LogP contribution in [-0.2, 0) is 6.42 Å². The van der Waals surface area contributed by atoms with Crippen molar-refractivity contribution in [2.45, 2.75) is 19.3 Å². The molecule has 0 fully saturated rings. The third-order valence-electron chi connectivity index (χ3n) is 3.28. The van der Waals surface area contributed by atoms with E-state index in [-0.39, 0.29) is 5.78 Å². The summed E-state index contributed by atoms with van der Waals surface area (Å²) in [6.07, 6.45) is 6.02. The van der Waals surface area contributed by atoms with Crippen LogP contribution in [0.1, 0.15) is 28.1 Å². The number of aromatic nitrogens is 2. The number of hydrogen-bond acceptors (Lipinski definition) is 3. The molecule has 3 nitrogen and oxygen atoms in total. The van der Waals surface area contributed by atoms with Crippen molar-refractivity contribution in [3.05, 3.63) is 51.0 Å². The minimum atomic E-state index is 0.174. The van der Waals surface area contributed by atoms with Crippen LogP contribution >= 0.6 is 27.3 Å². The van der Waals surface area contributed by atoms with Gasteiger partial charge in [-0.15, -0.1) is 11.3 Å². The third kappa shape index (κ3) is 2.83. The van der Waals surface area contributed by atoms with E-state index in [4.69, 9.17) is 0 Å². The lowest BCUT2D eigenvalue weighted by atomic mass is 10.1. The van der Waals surface area contributed by atoms with Crippen molar-refractivity contribution in [2.24, 2.45) is 0 Å². The van der Waals surface area contributed by atoms with Gasteiger partial charge in [-0.1, -0.05) is 18.2 Å². The molecule has 0 saturated carbocycles. The molecule has 0 aliphatic heterocycles. The number of para-hydroxylation sites is 1. The van der Waals surface area contributed by atoms with Crippen molar-refractivity contribution in [3.63, 3.8) is 0 Å². The Bertz CT molecular complexity index is 747. The van der Waals surface area contributed by atoms with Crippen LogP contribution in [0, 0.1) is 0 Å². The Labute approximate surface area is 129 Å². The molecule has 0 unspecified atom stereocenters. The maximum atomic E-state index is 12.0. The normalized spacial score (nSPS) is 11.1. The van der Waals surface area contributed by atoms with Crippen LogP contribution in [0.25, 0.3) is 10.9 Å². The first-order valence-electron chi connectivity index (χ1n) is 6.43. The van der Waals surface area contributed by atoms with Gasteiger partial charge in [0.25, 0.3) is 0 Å². The van der Waals surface area contributed by atoms with Crippen LogP contribution in [0.4, 0.5) is 0 Å². The van der Waals surface area contributed by atoms with Crippen molar-refractivity contribution < 1.29 is 4.79 Å². The molecule has 0 spiro atoms. The number of halogens is 1. The van der Waals surface area contributed by atoms with Crippen molar-refractivity contribution in [1.82, 2.24) is 9.97 Å². The second-order valence-corrected chi connectivity index (χ2v) is 6.92. The van der Waals surface area contributed by atoms with Gasteiger partial charge >= 0.3 is 0 Å². The topological polar surface area (TPSA) is 45.8 Å². The molecule has 3 aromatic rings. The highest BCUT2D eigenvalue weighted by Crippen LogP contribution is 2.22. The Morgan fingerprint density at radius 3 is 3.00 bits per heavy atom. The number of hydrogen-bond donors (Lipinski definition) is 1. The smallest absolute Gasteiger partial charge is 0.174 e. The number of aromatic amines is 1. The van der Waals surface area contributed by atoms with E-state index in [1.54, 1.807) is 6.20 Å². The SMILES string of the molecule is O=C(CCCc1c[nH]c2ccccc12)c1cnc(Br)s1. The number of rotatable bonds is 5. The molecular weight excluding hydrogens is 336 g/mol. The molecule has 1 N–H and O–H groups in total. The lowest BCUT2D eigenvalue weighted by molar-refractivity contribution is 0.0984. The number of nitrogens with zero attached hydrogens (tertiary/aromatic N) is 1. The van der Waals surface area contributed by atoms with E-state index in [1.807, 2.05) is 18.3 Å². The largest absolute Gasteiger partial charge is 0.361 e. The first-order chi connectivity index (χ1) is 9.74. The minimum absolute atomic E-state index is 0.174. The molecular formula is C15H13BrN2OS. The van der Waals surface area contributed by atoms with E-state index in [0.717, 1.165) is 27.2 Å². The summed E-state index contributed by atoms with van der Waals surface area (Å²) in [6.45, 7) is 0. The molecule has 0 radical (unpaired) electrons. The first kappa shape index (κ1) is 13.5. The van der Waals surface area contributed by atoms with Crippen molar-refractivity contribution in [1.29, 1.82) is 0 Å². The summed E-state index contributed by atoms with van der Waals surface area (Å²) in [7, 11) is 0. The average molecular weight is 349 g/mol. The zero-order valence-electron chi connectivity index (χ0n) is 10.7. The van der Waals surface area contributed by atoms with Crippen LogP contribution in [0.2, 0.25) is 0 Å². The van der Waals surface area contributed by atoms with Crippen LogP contribution in [0.3, 0.4) is 0 Å². The molecule has 1 aromatic carbocycles. The second-order valence-electron chi connectivity index (χ2n) is 4.61. The summed E-state index contributed by atoms with van der Waals surface area (Å²) in [5.41, 5.74) is 2.43. The Kier molecular flexibility index (Phi) is 3.98. The maximum absolute atomic E-state index is 12.0. The quantitative estimate of drug-likeness (QED) is 0.685. The van der Waals surface area contributed by atoms with E-state index in [0.29, 0.717) is 6.42 Å². The van der Waals surface area contributed by atoms with E-state index in [2.05, 4.69) is 38.0 Å². The predicted molar refractivity (Wildman–Crippen MR) is 85.4 cm³/mol. The van der Waals surface area contributed by atoms with Gasteiger partial charge in [0.05, 0.1) is 11.1 Å². The number of carbonyl (C=O) groups is 1. The molecule has 0 aliphatic rings. The summed E-state index contributed by atoms with van der Waals surface area (Å²) < 4.78 is 0.762. The maximum Gasteiger partial charge on any atom is 0.174 e. The average Bonchev–Trinajstić information content (AvgIpc) is 3.06. The summed E-state index contributed by atoms with van der Waals surface area (Å²) in [5.74, 6) is 0.174. The van der Waals surface area contributed by atoms with E-state index < -0.39 is 0 Å². The Morgan fingerprint density at radius 1 is 1.35 bits per heavy atom. The van der Waals surface area contributed by atoms with Gasteiger partial charge in [-0.3, -0.25) is 4.79 Å². The summed E-state index contributed by atoms with van der Waals surface area (Å²) in [4.78, 5) is 20.0. The van der Waals surface area contributed by atoms with Crippen LogP contribution < -0.4 is 0 Å². The van der Waals surface area contributed by atoms with Gasteiger partial charge in [0.15, 0.2) is 9.70 Å². The van der Waals surface area contributed by atoms with Gasteiger partial charge in [-0.25, -0.2) is 4.98 Å². The van der Waals surface area contributed by atoms with Crippen molar-refractivity contribution in [3.8, 4) is 0 Å². The number of H-pyrrole nitrogens is 1. The van der Waals surface area contributed by atoms with Crippen LogP contribution in [0.5, 0.6) is 0 Å². The van der Waals surface area contributed by atoms with E-state index in [1.165, 1.54) is 22.3 Å². The monoisotopic (exact) mass is 348 g/mol. The fraction of sp³-hybridized carbons (Fsp3) is 0.200. The van der Waals surface area contributed by atoms with Gasteiger partial charge in [0.1, 0.15) is 0 Å². The highest BCUT2D eigenvalue weighted by Gasteiger charge is 2.10. The summed E-state index contributed by atoms with van der Waals surface area (Å²) in [5, 5.41) is 1.25. The molecule has 20 heavy (non-hydrogen) atoms. The molecule has 0 bridgehead atoms. The second kappa shape index (κ2) is 5.89. The minimum Gasteiger partial charge on any atom is -0.361 e. The van der Waals surface area contributed by atoms with Crippen LogP contribution in [0.15, 0.2) is 40.6 Å². The molecule has 0 aliphatic carbocycles. The lowest BCUT2D eigenvalue weighted by Crippen LogP contribution is -1.97. The zero-order valence-corrected chi connectivity index (χ0v) is 13.1. The molecule has 5 heteroatoms. The Morgan fingerprint density at radius 2 is 2.20 bits per heavy atom. The number of thiazole rings is 1. The Hall–Kier alpha value is -1.46. The standard InChI is InChI=1S/C15H13BrN2OS/c16-15-18-9-14(20-15)13(19)7-3-4-10-8-17-12-6-2-1-5-11(10)12/h1-2,5-6,8-9,17H,3-4,7H2. The predicted octanol–water partition coefficient (Wildman–Crippen LogP) is 4.59.